The number of hydrogen-bond donors (Lipinski definition) is 1. The number of esters is 1. The second-order valence-electron chi connectivity index (χ2n) is 7.92. The number of aromatic nitrogens is 1. The first-order chi connectivity index (χ1) is 15.8. The van der Waals surface area contributed by atoms with E-state index in [0.29, 0.717) is 30.1 Å². The van der Waals surface area contributed by atoms with Crippen LogP contribution in [0.15, 0.2) is 47.4 Å². The highest BCUT2D eigenvalue weighted by Crippen LogP contribution is 2.28. The Bertz CT molecular complexity index is 1290. The number of hydrogen-bond acceptors (Lipinski definition) is 7. The number of fused-ring (bicyclic) bond motifs is 1. The molecule has 0 radical (unpaired) electrons. The molecule has 1 atom stereocenters. The lowest BCUT2D eigenvalue weighted by Gasteiger charge is -2.30. The van der Waals surface area contributed by atoms with Gasteiger partial charge in [-0.1, -0.05) is 17.4 Å². The van der Waals surface area contributed by atoms with Gasteiger partial charge in [0.2, 0.25) is 10.0 Å². The molecule has 3 aromatic rings. The SMILES string of the molecule is CCOC(=O)C1CCCN(S(=O)(=O)c2ccc(C(=O)Nc3nc4ccc(C)cc4s3)cc2)C1. The maximum atomic E-state index is 13.1. The molecule has 1 aromatic heterocycles. The second-order valence-corrected chi connectivity index (χ2v) is 10.9. The van der Waals surface area contributed by atoms with Crippen molar-refractivity contribution in [2.24, 2.45) is 5.92 Å². The lowest BCUT2D eigenvalue weighted by atomic mass is 10.0. The summed E-state index contributed by atoms with van der Waals surface area (Å²) in [5, 5.41) is 3.26. The number of nitrogens with one attached hydrogen (secondary N) is 1. The van der Waals surface area contributed by atoms with Crippen molar-refractivity contribution in [1.29, 1.82) is 0 Å². The van der Waals surface area contributed by atoms with Crippen LogP contribution in [0.5, 0.6) is 0 Å². The van der Waals surface area contributed by atoms with Crippen molar-refractivity contribution in [2.75, 3.05) is 25.0 Å². The van der Waals surface area contributed by atoms with Gasteiger partial charge in [-0.3, -0.25) is 14.9 Å². The zero-order chi connectivity index (χ0) is 23.6. The number of amides is 1. The standard InChI is InChI=1S/C23H25N3O5S2/c1-3-31-22(28)17-5-4-12-26(14-17)33(29,30)18-9-7-16(8-10-18)21(27)25-23-24-19-11-6-15(2)13-20(19)32-23/h6-11,13,17H,3-5,12,14H2,1-2H3,(H,24,25,27). The van der Waals surface area contributed by atoms with Crippen molar-refractivity contribution < 1.29 is 22.7 Å². The molecule has 8 nitrogen and oxygen atoms in total. The van der Waals surface area contributed by atoms with Crippen LogP contribution in [0.1, 0.15) is 35.7 Å². The number of thiazole rings is 1. The Morgan fingerprint density at radius 3 is 2.70 bits per heavy atom. The van der Waals surface area contributed by atoms with Gasteiger partial charge in [0.1, 0.15) is 0 Å². The van der Waals surface area contributed by atoms with Crippen molar-refractivity contribution in [2.45, 2.75) is 31.6 Å². The van der Waals surface area contributed by atoms with Crippen molar-refractivity contribution in [3.63, 3.8) is 0 Å². The molecule has 0 aliphatic carbocycles. The van der Waals surface area contributed by atoms with Crippen LogP contribution in [0.3, 0.4) is 0 Å². The molecule has 0 saturated carbocycles. The summed E-state index contributed by atoms with van der Waals surface area (Å²) in [4.78, 5) is 29.2. The number of benzene rings is 2. The molecule has 1 fully saturated rings. The van der Waals surface area contributed by atoms with Crippen LogP contribution in [0.4, 0.5) is 5.13 Å². The van der Waals surface area contributed by atoms with Gasteiger partial charge in [0.25, 0.3) is 5.91 Å². The minimum absolute atomic E-state index is 0.0824. The Hall–Kier alpha value is -2.82. The van der Waals surface area contributed by atoms with Gasteiger partial charge >= 0.3 is 5.97 Å². The molecule has 1 aliphatic heterocycles. The predicted octanol–water partition coefficient (Wildman–Crippen LogP) is 3.82. The monoisotopic (exact) mass is 487 g/mol. The smallest absolute Gasteiger partial charge is 0.310 e. The summed E-state index contributed by atoms with van der Waals surface area (Å²) in [5.41, 5.74) is 2.25. The molecule has 10 heteroatoms. The molecule has 0 bridgehead atoms. The van der Waals surface area contributed by atoms with Crippen molar-refractivity contribution in [3.8, 4) is 0 Å². The molecule has 1 aliphatic rings. The molecule has 2 aromatic carbocycles. The molecular formula is C23H25N3O5S2. The number of aryl methyl sites for hydroxylation is 1. The third-order valence-corrected chi connectivity index (χ3v) is 8.34. The van der Waals surface area contributed by atoms with Crippen LogP contribution in [0.2, 0.25) is 0 Å². The third-order valence-electron chi connectivity index (χ3n) is 5.52. The van der Waals surface area contributed by atoms with Gasteiger partial charge in [-0.05, 0) is 68.7 Å². The number of rotatable bonds is 6. The lowest BCUT2D eigenvalue weighted by Crippen LogP contribution is -2.42. The summed E-state index contributed by atoms with van der Waals surface area (Å²) in [6, 6.07) is 11.7. The first-order valence-electron chi connectivity index (χ1n) is 10.7. The Labute approximate surface area is 196 Å². The van der Waals surface area contributed by atoms with E-state index >= 15 is 0 Å². The topological polar surface area (TPSA) is 106 Å². The summed E-state index contributed by atoms with van der Waals surface area (Å²) in [5.74, 6) is -1.19. The highest BCUT2D eigenvalue weighted by atomic mass is 32.2. The van der Waals surface area contributed by atoms with E-state index in [2.05, 4.69) is 10.3 Å². The average Bonchev–Trinajstić information content (AvgIpc) is 3.20. The largest absolute Gasteiger partial charge is 0.466 e. The van der Waals surface area contributed by atoms with Crippen LogP contribution < -0.4 is 5.32 Å². The van der Waals surface area contributed by atoms with Crippen molar-refractivity contribution in [3.05, 3.63) is 53.6 Å². The van der Waals surface area contributed by atoms with E-state index in [9.17, 15) is 18.0 Å². The van der Waals surface area contributed by atoms with E-state index < -0.39 is 15.9 Å². The zero-order valence-electron chi connectivity index (χ0n) is 18.4. The van der Waals surface area contributed by atoms with Gasteiger partial charge in [-0.15, -0.1) is 0 Å². The van der Waals surface area contributed by atoms with E-state index in [1.54, 1.807) is 6.92 Å². The summed E-state index contributed by atoms with van der Waals surface area (Å²) >= 11 is 1.38. The quantitative estimate of drug-likeness (QED) is 0.530. The van der Waals surface area contributed by atoms with E-state index in [1.165, 1.54) is 39.9 Å². The number of anilines is 1. The van der Waals surface area contributed by atoms with Crippen molar-refractivity contribution >= 4 is 48.6 Å². The Morgan fingerprint density at radius 1 is 1.21 bits per heavy atom. The van der Waals surface area contributed by atoms with Gasteiger partial charge in [-0.25, -0.2) is 13.4 Å². The molecule has 1 unspecified atom stereocenters. The molecule has 4 rings (SSSR count). The summed E-state index contributed by atoms with van der Waals surface area (Å²) in [6.45, 7) is 4.43. The van der Waals surface area contributed by atoms with Crippen LogP contribution in [-0.4, -0.2) is 49.3 Å². The third kappa shape index (κ3) is 5.07. The zero-order valence-corrected chi connectivity index (χ0v) is 20.0. The normalized spacial score (nSPS) is 17.1. The summed E-state index contributed by atoms with van der Waals surface area (Å²) < 4.78 is 33.5. The van der Waals surface area contributed by atoms with Crippen LogP contribution >= 0.6 is 11.3 Å². The van der Waals surface area contributed by atoms with Crippen LogP contribution in [0.25, 0.3) is 10.2 Å². The van der Waals surface area contributed by atoms with Crippen LogP contribution in [-0.2, 0) is 19.6 Å². The number of sulfonamides is 1. The average molecular weight is 488 g/mol. The predicted molar refractivity (Wildman–Crippen MR) is 127 cm³/mol. The number of carbonyl (C=O) groups excluding carboxylic acids is 2. The first kappa shape index (κ1) is 23.3. The van der Waals surface area contributed by atoms with E-state index in [-0.39, 0.29) is 29.9 Å². The molecule has 33 heavy (non-hydrogen) atoms. The van der Waals surface area contributed by atoms with Gasteiger partial charge < -0.3 is 4.74 Å². The Kier molecular flexibility index (Phi) is 6.78. The first-order valence-corrected chi connectivity index (χ1v) is 13.0. The summed E-state index contributed by atoms with van der Waals surface area (Å²) in [6.07, 6.45) is 1.19. The molecule has 1 N–H and O–H groups in total. The fraction of sp³-hybridized carbons (Fsp3) is 0.348. The molecule has 1 saturated heterocycles. The molecule has 174 valence electrons. The highest BCUT2D eigenvalue weighted by molar-refractivity contribution is 7.89. The molecular weight excluding hydrogens is 462 g/mol. The lowest BCUT2D eigenvalue weighted by molar-refractivity contribution is -0.149. The number of nitrogens with zero attached hydrogens (tertiary/aromatic N) is 2. The highest BCUT2D eigenvalue weighted by Gasteiger charge is 2.34. The molecule has 2 heterocycles. The fourth-order valence-electron chi connectivity index (χ4n) is 3.80. The second kappa shape index (κ2) is 9.58. The van der Waals surface area contributed by atoms with E-state index in [1.807, 2.05) is 25.1 Å². The van der Waals surface area contributed by atoms with Crippen molar-refractivity contribution in [1.82, 2.24) is 9.29 Å². The summed E-state index contributed by atoms with van der Waals surface area (Å²) in [7, 11) is -3.78. The van der Waals surface area contributed by atoms with E-state index in [4.69, 9.17) is 4.74 Å². The van der Waals surface area contributed by atoms with Gasteiger partial charge in [-0.2, -0.15) is 4.31 Å². The number of ether oxygens (including phenoxy) is 1. The van der Waals surface area contributed by atoms with Gasteiger partial charge in [0, 0.05) is 18.7 Å². The fourth-order valence-corrected chi connectivity index (χ4v) is 6.28. The van der Waals surface area contributed by atoms with Gasteiger partial charge in [0.15, 0.2) is 5.13 Å². The molecule has 1 amide bonds. The Morgan fingerprint density at radius 2 is 1.97 bits per heavy atom. The molecule has 0 spiro atoms. The number of piperidine rings is 1. The minimum Gasteiger partial charge on any atom is -0.466 e. The minimum atomic E-state index is -3.78. The van der Waals surface area contributed by atoms with Crippen LogP contribution in [0, 0.1) is 12.8 Å². The maximum Gasteiger partial charge on any atom is 0.310 e. The van der Waals surface area contributed by atoms with Gasteiger partial charge in [0.05, 0.1) is 27.6 Å². The number of carbonyl (C=O) groups is 2. The maximum absolute atomic E-state index is 13.1. The Balaban J connectivity index is 1.46. The van der Waals surface area contributed by atoms with E-state index in [0.717, 1.165) is 15.8 Å².